The van der Waals surface area contributed by atoms with Gasteiger partial charge in [-0.25, -0.2) is 4.39 Å². The molecule has 0 N–H and O–H groups in total. The quantitative estimate of drug-likeness (QED) is 0.741. The Hall–Kier alpha value is -0.0900. The zero-order valence-electron chi connectivity index (χ0n) is 7.60. The van der Waals surface area contributed by atoms with E-state index in [4.69, 9.17) is 4.74 Å². The molecule has 0 saturated carbocycles. The van der Waals surface area contributed by atoms with E-state index in [1.165, 1.54) is 0 Å². The molecule has 1 aromatic rings. The minimum Gasteiger partial charge on any atom is -0.463 e. The summed E-state index contributed by atoms with van der Waals surface area (Å²) in [5.74, 6) is 0.584. The topological polar surface area (TPSA) is 9.23 Å². The van der Waals surface area contributed by atoms with E-state index in [0.29, 0.717) is 5.75 Å². The highest BCUT2D eigenvalue weighted by molar-refractivity contribution is 9.10. The lowest BCUT2D eigenvalue weighted by Gasteiger charge is -2.06. The SMILES string of the molecule is FCOc1ccc(Br)c(CCCBr)c1. The second-order valence-corrected chi connectivity index (χ2v) is 4.45. The fourth-order valence-corrected chi connectivity index (χ4v) is 1.88. The highest BCUT2D eigenvalue weighted by Gasteiger charge is 2.02. The Morgan fingerprint density at radius 1 is 1.36 bits per heavy atom. The van der Waals surface area contributed by atoms with Crippen LogP contribution in [-0.4, -0.2) is 12.2 Å². The molecule has 4 heteroatoms. The van der Waals surface area contributed by atoms with Gasteiger partial charge in [0.25, 0.3) is 0 Å². The summed E-state index contributed by atoms with van der Waals surface area (Å²) in [6, 6.07) is 5.50. The van der Waals surface area contributed by atoms with E-state index in [0.717, 1.165) is 28.2 Å². The van der Waals surface area contributed by atoms with Crippen LogP contribution in [-0.2, 0) is 6.42 Å². The molecule has 78 valence electrons. The standard InChI is InChI=1S/C10H11Br2FO/c11-5-1-2-8-6-9(14-7-13)3-4-10(8)12/h3-4,6H,1-2,5,7H2. The van der Waals surface area contributed by atoms with E-state index in [1.807, 2.05) is 12.1 Å². The van der Waals surface area contributed by atoms with Crippen molar-refractivity contribution in [1.82, 2.24) is 0 Å². The van der Waals surface area contributed by atoms with Crippen LogP contribution in [0.5, 0.6) is 5.75 Å². The second kappa shape index (κ2) is 6.40. The Kier molecular flexibility index (Phi) is 5.48. The van der Waals surface area contributed by atoms with Gasteiger partial charge in [-0.1, -0.05) is 31.9 Å². The van der Waals surface area contributed by atoms with E-state index in [9.17, 15) is 4.39 Å². The summed E-state index contributed by atoms with van der Waals surface area (Å²) in [5.41, 5.74) is 1.15. The van der Waals surface area contributed by atoms with E-state index in [2.05, 4.69) is 31.9 Å². The third kappa shape index (κ3) is 3.58. The van der Waals surface area contributed by atoms with Gasteiger partial charge in [0.05, 0.1) is 0 Å². The molecule has 0 aromatic heterocycles. The number of aryl methyl sites for hydroxylation is 1. The van der Waals surface area contributed by atoms with Crippen LogP contribution < -0.4 is 4.74 Å². The molecule has 0 saturated heterocycles. The van der Waals surface area contributed by atoms with Gasteiger partial charge in [0.2, 0.25) is 6.86 Å². The van der Waals surface area contributed by atoms with Gasteiger partial charge in [-0.15, -0.1) is 0 Å². The van der Waals surface area contributed by atoms with E-state index in [1.54, 1.807) is 6.07 Å². The monoisotopic (exact) mass is 324 g/mol. The number of ether oxygens (including phenoxy) is 1. The molecule has 1 nitrogen and oxygen atoms in total. The largest absolute Gasteiger partial charge is 0.463 e. The highest BCUT2D eigenvalue weighted by Crippen LogP contribution is 2.24. The van der Waals surface area contributed by atoms with Gasteiger partial charge in [0.15, 0.2) is 0 Å². The number of benzene rings is 1. The van der Waals surface area contributed by atoms with Gasteiger partial charge in [-0.3, -0.25) is 0 Å². The van der Waals surface area contributed by atoms with Crippen LogP contribution in [0.4, 0.5) is 4.39 Å². The Labute approximate surface area is 99.9 Å². The predicted molar refractivity (Wildman–Crippen MR) is 62.9 cm³/mol. The number of rotatable bonds is 5. The Balaban J connectivity index is 2.74. The fourth-order valence-electron chi connectivity index (χ4n) is 1.15. The highest BCUT2D eigenvalue weighted by atomic mass is 79.9. The lowest BCUT2D eigenvalue weighted by Crippen LogP contribution is -1.93. The van der Waals surface area contributed by atoms with E-state index >= 15 is 0 Å². The third-order valence-electron chi connectivity index (χ3n) is 1.82. The van der Waals surface area contributed by atoms with Crippen LogP contribution in [0.15, 0.2) is 22.7 Å². The Morgan fingerprint density at radius 2 is 2.14 bits per heavy atom. The molecule has 0 aliphatic heterocycles. The molecule has 0 atom stereocenters. The zero-order valence-corrected chi connectivity index (χ0v) is 10.8. The maximum atomic E-state index is 11.9. The van der Waals surface area contributed by atoms with E-state index < -0.39 is 6.86 Å². The van der Waals surface area contributed by atoms with Crippen LogP contribution in [0.25, 0.3) is 0 Å². The van der Waals surface area contributed by atoms with Crippen LogP contribution in [0, 0.1) is 0 Å². The summed E-state index contributed by atoms with van der Waals surface area (Å²) >= 11 is 6.82. The minimum atomic E-state index is -0.778. The van der Waals surface area contributed by atoms with Crippen LogP contribution in [0.3, 0.4) is 0 Å². The molecule has 1 aromatic carbocycles. The van der Waals surface area contributed by atoms with Crippen molar-refractivity contribution in [2.24, 2.45) is 0 Å². The van der Waals surface area contributed by atoms with Crippen LogP contribution in [0.2, 0.25) is 0 Å². The molecule has 0 aliphatic carbocycles. The van der Waals surface area contributed by atoms with Gasteiger partial charge < -0.3 is 4.74 Å². The lowest BCUT2D eigenvalue weighted by molar-refractivity contribution is 0.191. The van der Waals surface area contributed by atoms with Crippen molar-refractivity contribution in [1.29, 1.82) is 0 Å². The Morgan fingerprint density at radius 3 is 2.79 bits per heavy atom. The van der Waals surface area contributed by atoms with Crippen molar-refractivity contribution in [3.63, 3.8) is 0 Å². The van der Waals surface area contributed by atoms with Crippen LogP contribution >= 0.6 is 31.9 Å². The number of alkyl halides is 2. The second-order valence-electron chi connectivity index (χ2n) is 2.80. The summed E-state index contributed by atoms with van der Waals surface area (Å²) in [5, 5.41) is 0.966. The fraction of sp³-hybridized carbons (Fsp3) is 0.400. The number of hydrogen-bond acceptors (Lipinski definition) is 1. The first kappa shape index (κ1) is 12.0. The van der Waals surface area contributed by atoms with Crippen molar-refractivity contribution in [3.05, 3.63) is 28.2 Å². The third-order valence-corrected chi connectivity index (χ3v) is 3.15. The van der Waals surface area contributed by atoms with Gasteiger partial charge >= 0.3 is 0 Å². The zero-order chi connectivity index (χ0) is 10.4. The van der Waals surface area contributed by atoms with Crippen molar-refractivity contribution >= 4 is 31.9 Å². The van der Waals surface area contributed by atoms with Crippen molar-refractivity contribution in [2.75, 3.05) is 12.2 Å². The molecule has 0 unspecified atom stereocenters. The molecule has 0 radical (unpaired) electrons. The molecule has 0 spiro atoms. The smallest absolute Gasteiger partial charge is 0.228 e. The lowest BCUT2D eigenvalue weighted by atomic mass is 10.1. The predicted octanol–water partition coefficient (Wildman–Crippen LogP) is 4.08. The summed E-state index contributed by atoms with van der Waals surface area (Å²) in [7, 11) is 0. The average molecular weight is 326 g/mol. The first-order valence-corrected chi connectivity index (χ1v) is 6.22. The molecule has 0 fully saturated rings. The van der Waals surface area contributed by atoms with Gasteiger partial charge in [-0.2, -0.15) is 0 Å². The summed E-state index contributed by atoms with van der Waals surface area (Å²) in [4.78, 5) is 0. The van der Waals surface area contributed by atoms with Crippen molar-refractivity contribution in [2.45, 2.75) is 12.8 Å². The number of hydrogen-bond donors (Lipinski definition) is 0. The van der Waals surface area contributed by atoms with Gasteiger partial charge in [0.1, 0.15) is 5.75 Å². The molecule has 14 heavy (non-hydrogen) atoms. The summed E-state index contributed by atoms with van der Waals surface area (Å²) in [6.45, 7) is -0.778. The Bertz CT molecular complexity index is 291. The molecule has 1 rings (SSSR count). The maximum absolute atomic E-state index is 11.9. The van der Waals surface area contributed by atoms with E-state index in [-0.39, 0.29) is 0 Å². The van der Waals surface area contributed by atoms with Crippen molar-refractivity contribution in [3.8, 4) is 5.75 Å². The molecule has 0 amide bonds. The molecule has 0 aliphatic rings. The minimum absolute atomic E-state index is 0.584. The van der Waals surface area contributed by atoms with Crippen molar-refractivity contribution < 1.29 is 9.13 Å². The molecular weight excluding hydrogens is 315 g/mol. The first-order chi connectivity index (χ1) is 6.77. The molecule has 0 bridgehead atoms. The number of halogens is 3. The first-order valence-electron chi connectivity index (χ1n) is 4.31. The average Bonchev–Trinajstić information content (AvgIpc) is 2.19. The summed E-state index contributed by atoms with van der Waals surface area (Å²) in [6.07, 6.45) is 2.01. The maximum Gasteiger partial charge on any atom is 0.228 e. The summed E-state index contributed by atoms with van der Waals surface area (Å²) < 4.78 is 17.7. The normalized spacial score (nSPS) is 10.2. The van der Waals surface area contributed by atoms with Gasteiger partial charge in [0, 0.05) is 9.80 Å². The molecule has 0 heterocycles. The van der Waals surface area contributed by atoms with Crippen LogP contribution in [0.1, 0.15) is 12.0 Å². The van der Waals surface area contributed by atoms with Gasteiger partial charge in [-0.05, 0) is 36.6 Å². The molecular formula is C10H11Br2FO.